The Labute approximate surface area is 174 Å². The van der Waals surface area contributed by atoms with E-state index in [1.165, 1.54) is 0 Å². The Morgan fingerprint density at radius 3 is 2.25 bits per heavy atom. The zero-order valence-electron chi connectivity index (χ0n) is 15.8. The van der Waals surface area contributed by atoms with E-state index in [1.807, 2.05) is 47.4 Å². The van der Waals surface area contributed by atoms with Gasteiger partial charge in [-0.15, -0.1) is 11.8 Å². The summed E-state index contributed by atoms with van der Waals surface area (Å²) in [7, 11) is 0. The van der Waals surface area contributed by atoms with Gasteiger partial charge in [0.15, 0.2) is 0 Å². The summed E-state index contributed by atoms with van der Waals surface area (Å²) in [6, 6.07) is 15.1. The Bertz CT molecular complexity index is 838. The molecule has 28 heavy (non-hydrogen) atoms. The maximum Gasteiger partial charge on any atom is 0.232 e. The van der Waals surface area contributed by atoms with Crippen molar-refractivity contribution in [3.8, 4) is 11.5 Å². The fraction of sp³-hybridized carbons (Fsp3) is 0.333. The quantitative estimate of drug-likeness (QED) is 0.709. The average molecular weight is 419 g/mol. The lowest BCUT2D eigenvalue weighted by Crippen LogP contribution is -2.50. The number of ether oxygens (including phenoxy) is 1. The summed E-state index contributed by atoms with van der Waals surface area (Å²) in [5.74, 6) is 2.60. The van der Waals surface area contributed by atoms with Crippen LogP contribution in [0.25, 0.3) is 0 Å². The second-order valence-corrected chi connectivity index (χ2v) is 7.91. The molecule has 2 aromatic rings. The molecule has 5 nitrogen and oxygen atoms in total. The number of amides is 2. The summed E-state index contributed by atoms with van der Waals surface area (Å²) in [5.41, 5.74) is 1.02. The van der Waals surface area contributed by atoms with E-state index >= 15 is 0 Å². The van der Waals surface area contributed by atoms with Gasteiger partial charge in [-0.05, 0) is 18.2 Å². The number of benzene rings is 2. The summed E-state index contributed by atoms with van der Waals surface area (Å²) in [6.45, 7) is 3.99. The first-order valence-electron chi connectivity index (χ1n) is 9.16. The van der Waals surface area contributed by atoms with E-state index in [-0.39, 0.29) is 11.8 Å². The highest BCUT2D eigenvalue weighted by Crippen LogP contribution is 2.32. The summed E-state index contributed by atoms with van der Waals surface area (Å²) in [5, 5.41) is 0.560. The molecule has 0 spiro atoms. The molecule has 0 bridgehead atoms. The van der Waals surface area contributed by atoms with Gasteiger partial charge in [0.25, 0.3) is 0 Å². The molecule has 3 rings (SSSR count). The Hall–Kier alpha value is -2.18. The molecule has 7 heteroatoms. The molecule has 2 aromatic carbocycles. The van der Waals surface area contributed by atoms with Crippen LogP contribution in [0, 0.1) is 0 Å². The number of rotatable bonds is 6. The van der Waals surface area contributed by atoms with Crippen LogP contribution in [0.15, 0.2) is 48.5 Å². The Kier molecular flexibility index (Phi) is 7.23. The highest BCUT2D eigenvalue weighted by molar-refractivity contribution is 7.99. The van der Waals surface area contributed by atoms with Gasteiger partial charge < -0.3 is 14.5 Å². The molecular weight excluding hydrogens is 396 g/mol. The van der Waals surface area contributed by atoms with Crippen LogP contribution in [0.2, 0.25) is 5.02 Å². The van der Waals surface area contributed by atoms with Gasteiger partial charge >= 0.3 is 0 Å². The predicted octanol–water partition coefficient (Wildman–Crippen LogP) is 4.06. The lowest BCUT2D eigenvalue weighted by molar-refractivity contribution is -0.136. The first-order valence-corrected chi connectivity index (χ1v) is 10.7. The molecule has 1 fully saturated rings. The predicted molar refractivity (Wildman–Crippen MR) is 113 cm³/mol. The maximum absolute atomic E-state index is 12.4. The second-order valence-electron chi connectivity index (χ2n) is 6.52. The molecule has 1 aliphatic heterocycles. The Morgan fingerprint density at radius 1 is 0.964 bits per heavy atom. The highest BCUT2D eigenvalue weighted by atomic mass is 35.5. The highest BCUT2D eigenvalue weighted by Gasteiger charge is 2.22. The molecule has 1 saturated heterocycles. The number of piperazine rings is 1. The molecule has 0 unspecified atom stereocenters. The van der Waals surface area contributed by atoms with Gasteiger partial charge in [-0.2, -0.15) is 0 Å². The Morgan fingerprint density at radius 2 is 1.57 bits per heavy atom. The van der Waals surface area contributed by atoms with E-state index in [9.17, 15) is 9.59 Å². The second kappa shape index (κ2) is 9.85. The summed E-state index contributed by atoms with van der Waals surface area (Å²) < 4.78 is 5.97. The van der Waals surface area contributed by atoms with Crippen molar-refractivity contribution in [2.24, 2.45) is 0 Å². The fourth-order valence-corrected chi connectivity index (χ4v) is 4.07. The van der Waals surface area contributed by atoms with Crippen molar-refractivity contribution in [2.45, 2.75) is 12.7 Å². The van der Waals surface area contributed by atoms with Crippen molar-refractivity contribution >= 4 is 35.2 Å². The number of halogens is 1. The summed E-state index contributed by atoms with van der Waals surface area (Å²) >= 11 is 7.74. The third kappa shape index (κ3) is 5.42. The van der Waals surface area contributed by atoms with Gasteiger partial charge in [0, 0.05) is 44.4 Å². The lowest BCUT2D eigenvalue weighted by atomic mass is 10.2. The SMILES string of the molecule is CC(=O)N1CCN(C(=O)CSCc2ccccc2Oc2ccccc2Cl)CC1. The number of carbonyl (C=O) groups is 2. The van der Waals surface area contributed by atoms with E-state index < -0.39 is 0 Å². The molecule has 2 amide bonds. The standard InChI is InChI=1S/C21H23ClN2O3S/c1-16(25)23-10-12-24(13-11-23)21(26)15-28-14-17-6-2-4-8-19(17)27-20-9-5-3-7-18(20)22/h2-9H,10-15H2,1H3. The third-order valence-electron chi connectivity index (χ3n) is 4.59. The van der Waals surface area contributed by atoms with Gasteiger partial charge in [0.2, 0.25) is 11.8 Å². The van der Waals surface area contributed by atoms with E-state index in [0.717, 1.165) is 11.3 Å². The Balaban J connectivity index is 1.52. The van der Waals surface area contributed by atoms with Crippen LogP contribution in [0.3, 0.4) is 0 Å². The first kappa shape index (κ1) is 20.6. The smallest absolute Gasteiger partial charge is 0.232 e. The number of hydrogen-bond acceptors (Lipinski definition) is 4. The minimum absolute atomic E-state index is 0.0663. The van der Waals surface area contributed by atoms with Gasteiger partial charge in [-0.25, -0.2) is 0 Å². The van der Waals surface area contributed by atoms with Crippen molar-refractivity contribution in [1.29, 1.82) is 0 Å². The van der Waals surface area contributed by atoms with Crippen molar-refractivity contribution < 1.29 is 14.3 Å². The molecule has 0 atom stereocenters. The van der Waals surface area contributed by atoms with Gasteiger partial charge in [-0.3, -0.25) is 9.59 Å². The number of nitrogens with zero attached hydrogens (tertiary/aromatic N) is 2. The minimum Gasteiger partial charge on any atom is -0.455 e. The monoisotopic (exact) mass is 418 g/mol. The lowest BCUT2D eigenvalue weighted by Gasteiger charge is -2.34. The minimum atomic E-state index is 0.0663. The zero-order valence-corrected chi connectivity index (χ0v) is 17.3. The van der Waals surface area contributed by atoms with Crippen LogP contribution in [0.4, 0.5) is 0 Å². The van der Waals surface area contributed by atoms with Crippen molar-refractivity contribution in [3.63, 3.8) is 0 Å². The van der Waals surface area contributed by atoms with Crippen LogP contribution < -0.4 is 4.74 Å². The molecule has 0 N–H and O–H groups in total. The molecule has 0 radical (unpaired) electrons. The van der Waals surface area contributed by atoms with Crippen LogP contribution in [-0.4, -0.2) is 53.5 Å². The topological polar surface area (TPSA) is 49.9 Å². The normalized spacial score (nSPS) is 14.1. The largest absolute Gasteiger partial charge is 0.455 e. The van der Waals surface area contributed by atoms with E-state index in [2.05, 4.69) is 0 Å². The van der Waals surface area contributed by atoms with E-state index in [4.69, 9.17) is 16.3 Å². The van der Waals surface area contributed by atoms with Crippen LogP contribution in [0.1, 0.15) is 12.5 Å². The molecule has 0 aliphatic carbocycles. The van der Waals surface area contributed by atoms with Gasteiger partial charge in [0.1, 0.15) is 11.5 Å². The van der Waals surface area contributed by atoms with Crippen molar-refractivity contribution in [2.75, 3.05) is 31.9 Å². The third-order valence-corrected chi connectivity index (χ3v) is 5.87. The zero-order chi connectivity index (χ0) is 19.9. The molecule has 1 heterocycles. The number of hydrogen-bond donors (Lipinski definition) is 0. The molecule has 148 valence electrons. The summed E-state index contributed by atoms with van der Waals surface area (Å²) in [6.07, 6.45) is 0. The first-order chi connectivity index (χ1) is 13.5. The number of para-hydroxylation sites is 2. The van der Waals surface area contributed by atoms with E-state index in [1.54, 1.807) is 29.7 Å². The average Bonchev–Trinajstić information content (AvgIpc) is 2.71. The number of carbonyl (C=O) groups excluding carboxylic acids is 2. The van der Waals surface area contributed by atoms with Crippen LogP contribution in [0.5, 0.6) is 11.5 Å². The van der Waals surface area contributed by atoms with Gasteiger partial charge in [-0.1, -0.05) is 41.9 Å². The van der Waals surface area contributed by atoms with E-state index in [0.29, 0.717) is 48.5 Å². The molecule has 0 saturated carbocycles. The van der Waals surface area contributed by atoms with Crippen molar-refractivity contribution in [3.05, 3.63) is 59.1 Å². The summed E-state index contributed by atoms with van der Waals surface area (Å²) in [4.78, 5) is 27.4. The maximum atomic E-state index is 12.4. The van der Waals surface area contributed by atoms with Crippen LogP contribution >= 0.6 is 23.4 Å². The molecule has 0 aromatic heterocycles. The van der Waals surface area contributed by atoms with Gasteiger partial charge in [0.05, 0.1) is 10.8 Å². The molecule has 1 aliphatic rings. The van der Waals surface area contributed by atoms with Crippen molar-refractivity contribution in [1.82, 2.24) is 9.80 Å². The fourth-order valence-electron chi connectivity index (χ4n) is 2.98. The molecular formula is C21H23ClN2O3S. The van der Waals surface area contributed by atoms with Crippen LogP contribution in [-0.2, 0) is 15.3 Å². The number of thioether (sulfide) groups is 1.